The Morgan fingerprint density at radius 1 is 1.05 bits per heavy atom. The van der Waals surface area contributed by atoms with Crippen LogP contribution in [0.4, 0.5) is 5.69 Å². The quantitative estimate of drug-likeness (QED) is 0.721. The van der Waals surface area contributed by atoms with E-state index in [9.17, 15) is 4.79 Å². The molecule has 0 N–H and O–H groups in total. The van der Waals surface area contributed by atoms with E-state index < -0.39 is 0 Å². The van der Waals surface area contributed by atoms with Crippen LogP contribution in [0.5, 0.6) is 0 Å². The van der Waals surface area contributed by atoms with Crippen LogP contribution < -0.4 is 10.6 Å². The number of halogens is 1. The highest BCUT2D eigenvalue weighted by Crippen LogP contribution is 2.30. The summed E-state index contributed by atoms with van der Waals surface area (Å²) in [6.07, 6.45) is 3.80. The average molecular weight is 371 g/mol. The molecule has 0 bridgehead atoms. The van der Waals surface area contributed by atoms with Crippen molar-refractivity contribution in [1.29, 1.82) is 0 Å². The Balaban J connectivity index is 2.28. The van der Waals surface area contributed by atoms with Crippen molar-refractivity contribution in [2.45, 2.75) is 19.3 Å². The van der Waals surface area contributed by atoms with Crippen LogP contribution in [0, 0.1) is 3.57 Å². The summed E-state index contributed by atoms with van der Waals surface area (Å²) in [5.74, 6) is 0. The topological polar surface area (TPSA) is 30.2 Å². The molecule has 1 fully saturated rings. The Kier molecular flexibility index (Phi) is 3.32. The molecule has 102 valence electrons. The molecule has 1 aliphatic heterocycles. The molecular formula is C14H18IN3O. The number of benzene rings is 1. The summed E-state index contributed by atoms with van der Waals surface area (Å²) in [4.78, 5) is 14.6. The van der Waals surface area contributed by atoms with Crippen molar-refractivity contribution in [2.24, 2.45) is 14.1 Å². The van der Waals surface area contributed by atoms with Gasteiger partial charge in [-0.1, -0.05) is 0 Å². The number of nitrogens with zero attached hydrogens (tertiary/aromatic N) is 3. The molecule has 0 atom stereocenters. The number of imidazole rings is 1. The van der Waals surface area contributed by atoms with Crippen molar-refractivity contribution in [3.8, 4) is 0 Å². The van der Waals surface area contributed by atoms with Crippen molar-refractivity contribution in [3.63, 3.8) is 0 Å². The lowest BCUT2D eigenvalue weighted by Crippen LogP contribution is -2.30. The van der Waals surface area contributed by atoms with Gasteiger partial charge in [-0.15, -0.1) is 0 Å². The molecule has 0 unspecified atom stereocenters. The van der Waals surface area contributed by atoms with Crippen LogP contribution >= 0.6 is 22.6 Å². The Bertz CT molecular complexity index is 680. The van der Waals surface area contributed by atoms with E-state index in [2.05, 4.69) is 39.6 Å². The summed E-state index contributed by atoms with van der Waals surface area (Å²) in [6, 6.07) is 4.29. The minimum atomic E-state index is 0.0512. The Morgan fingerprint density at radius 2 is 1.74 bits per heavy atom. The van der Waals surface area contributed by atoms with Crippen molar-refractivity contribution in [1.82, 2.24) is 9.13 Å². The molecule has 1 aliphatic rings. The zero-order valence-electron chi connectivity index (χ0n) is 11.3. The first-order chi connectivity index (χ1) is 9.09. The van der Waals surface area contributed by atoms with Gasteiger partial charge in [-0.05, 0) is 54.0 Å². The maximum Gasteiger partial charge on any atom is 0.328 e. The van der Waals surface area contributed by atoms with E-state index in [0.717, 1.165) is 24.1 Å². The highest BCUT2D eigenvalue weighted by molar-refractivity contribution is 14.1. The fourth-order valence-electron chi connectivity index (χ4n) is 2.97. The highest BCUT2D eigenvalue weighted by atomic mass is 127. The summed E-state index contributed by atoms with van der Waals surface area (Å²) in [5.41, 5.74) is 3.35. The van der Waals surface area contributed by atoms with Gasteiger partial charge in [-0.3, -0.25) is 9.13 Å². The van der Waals surface area contributed by atoms with Gasteiger partial charge in [-0.2, -0.15) is 0 Å². The zero-order chi connectivity index (χ0) is 13.6. The lowest BCUT2D eigenvalue weighted by Gasteiger charge is -2.29. The van der Waals surface area contributed by atoms with Crippen LogP contribution in [0.2, 0.25) is 0 Å². The minimum Gasteiger partial charge on any atom is -0.370 e. The minimum absolute atomic E-state index is 0.0512. The van der Waals surface area contributed by atoms with Gasteiger partial charge in [0, 0.05) is 30.8 Å². The average Bonchev–Trinajstić information content (AvgIpc) is 2.64. The van der Waals surface area contributed by atoms with E-state index in [1.54, 1.807) is 9.13 Å². The molecule has 0 spiro atoms. The first kappa shape index (κ1) is 13.0. The SMILES string of the molecule is Cn1c(=O)n(C)c2c(N3CCCCC3)cc(I)cc21. The number of piperidine rings is 1. The van der Waals surface area contributed by atoms with Crippen LogP contribution in [0.25, 0.3) is 11.0 Å². The molecule has 5 heteroatoms. The van der Waals surface area contributed by atoms with E-state index in [1.807, 2.05) is 14.1 Å². The van der Waals surface area contributed by atoms with Gasteiger partial charge in [0.2, 0.25) is 0 Å². The first-order valence-electron chi connectivity index (χ1n) is 6.69. The third kappa shape index (κ3) is 2.07. The monoisotopic (exact) mass is 371 g/mol. The summed E-state index contributed by atoms with van der Waals surface area (Å²) in [5, 5.41) is 0. The Hall–Kier alpha value is -0.980. The van der Waals surface area contributed by atoms with Gasteiger partial charge in [0.1, 0.15) is 0 Å². The van der Waals surface area contributed by atoms with Gasteiger partial charge in [0.15, 0.2) is 0 Å². The third-order valence-electron chi connectivity index (χ3n) is 4.00. The van der Waals surface area contributed by atoms with Gasteiger partial charge in [0.25, 0.3) is 0 Å². The Morgan fingerprint density at radius 3 is 2.42 bits per heavy atom. The summed E-state index contributed by atoms with van der Waals surface area (Å²) < 4.78 is 4.70. The Labute approximate surface area is 126 Å². The maximum absolute atomic E-state index is 12.1. The van der Waals surface area contributed by atoms with E-state index in [1.165, 1.54) is 28.5 Å². The summed E-state index contributed by atoms with van der Waals surface area (Å²) >= 11 is 2.34. The van der Waals surface area contributed by atoms with Crippen LogP contribution in [-0.2, 0) is 14.1 Å². The first-order valence-corrected chi connectivity index (χ1v) is 7.77. The van der Waals surface area contributed by atoms with Crippen molar-refractivity contribution < 1.29 is 0 Å². The highest BCUT2D eigenvalue weighted by Gasteiger charge is 2.19. The smallest absolute Gasteiger partial charge is 0.328 e. The maximum atomic E-state index is 12.1. The van der Waals surface area contributed by atoms with Crippen molar-refractivity contribution >= 4 is 39.3 Å². The van der Waals surface area contributed by atoms with Crippen LogP contribution in [-0.4, -0.2) is 22.2 Å². The van der Waals surface area contributed by atoms with Gasteiger partial charge in [-0.25, -0.2) is 4.79 Å². The van der Waals surface area contributed by atoms with Gasteiger partial charge in [0.05, 0.1) is 16.7 Å². The number of aromatic nitrogens is 2. The second-order valence-electron chi connectivity index (χ2n) is 5.24. The number of fused-ring (bicyclic) bond motifs is 1. The third-order valence-corrected chi connectivity index (χ3v) is 4.62. The molecule has 2 heterocycles. The van der Waals surface area contributed by atoms with Gasteiger partial charge < -0.3 is 4.90 Å². The van der Waals surface area contributed by atoms with Crippen molar-refractivity contribution in [3.05, 3.63) is 26.2 Å². The largest absolute Gasteiger partial charge is 0.370 e. The lowest BCUT2D eigenvalue weighted by atomic mass is 10.1. The lowest BCUT2D eigenvalue weighted by molar-refractivity contribution is 0.578. The molecular weight excluding hydrogens is 353 g/mol. The van der Waals surface area contributed by atoms with E-state index in [4.69, 9.17) is 0 Å². The van der Waals surface area contributed by atoms with E-state index in [0.29, 0.717) is 0 Å². The number of hydrogen-bond acceptors (Lipinski definition) is 2. The molecule has 0 radical (unpaired) electrons. The van der Waals surface area contributed by atoms with Crippen LogP contribution in [0.15, 0.2) is 16.9 Å². The summed E-state index contributed by atoms with van der Waals surface area (Å²) in [6.45, 7) is 2.19. The number of aryl methyl sites for hydroxylation is 2. The number of hydrogen-bond donors (Lipinski definition) is 0. The molecule has 19 heavy (non-hydrogen) atoms. The second kappa shape index (κ2) is 4.85. The molecule has 1 aromatic carbocycles. The number of rotatable bonds is 1. The number of anilines is 1. The van der Waals surface area contributed by atoms with Crippen molar-refractivity contribution in [2.75, 3.05) is 18.0 Å². The van der Waals surface area contributed by atoms with Crippen LogP contribution in [0.1, 0.15) is 19.3 Å². The summed E-state index contributed by atoms with van der Waals surface area (Å²) in [7, 11) is 3.71. The fraction of sp³-hybridized carbons (Fsp3) is 0.500. The normalized spacial score (nSPS) is 16.3. The van der Waals surface area contributed by atoms with E-state index in [-0.39, 0.29) is 5.69 Å². The van der Waals surface area contributed by atoms with Crippen LogP contribution in [0.3, 0.4) is 0 Å². The zero-order valence-corrected chi connectivity index (χ0v) is 13.5. The second-order valence-corrected chi connectivity index (χ2v) is 6.49. The molecule has 1 saturated heterocycles. The molecule has 0 saturated carbocycles. The standard InChI is InChI=1S/C14H18IN3O/c1-16-11-8-10(15)9-12(13(11)17(2)14(16)19)18-6-4-3-5-7-18/h8-9H,3-7H2,1-2H3. The predicted molar refractivity (Wildman–Crippen MR) is 86.9 cm³/mol. The van der Waals surface area contributed by atoms with E-state index >= 15 is 0 Å². The predicted octanol–water partition coefficient (Wildman–Crippen LogP) is 2.47. The molecule has 0 amide bonds. The molecule has 2 aromatic rings. The van der Waals surface area contributed by atoms with Gasteiger partial charge >= 0.3 is 5.69 Å². The molecule has 0 aliphatic carbocycles. The molecule has 4 nitrogen and oxygen atoms in total. The molecule has 1 aromatic heterocycles. The molecule has 3 rings (SSSR count). The fourth-order valence-corrected chi connectivity index (χ4v) is 3.56.